The first kappa shape index (κ1) is 13.8. The maximum absolute atomic E-state index is 13.8. The molecular formula is C16H24FN3. The summed E-state index contributed by atoms with van der Waals surface area (Å²) in [6.07, 6.45) is 1.24. The molecule has 2 aliphatic rings. The molecule has 2 unspecified atom stereocenters. The molecule has 2 saturated heterocycles. The van der Waals surface area contributed by atoms with Gasteiger partial charge in [0, 0.05) is 38.8 Å². The largest absolute Gasteiger partial charge is 0.367 e. The maximum Gasteiger partial charge on any atom is 0.146 e. The van der Waals surface area contributed by atoms with Crippen LogP contribution in [0.1, 0.15) is 13.3 Å². The van der Waals surface area contributed by atoms with E-state index in [1.165, 1.54) is 6.42 Å². The van der Waals surface area contributed by atoms with E-state index in [1.54, 1.807) is 12.1 Å². The van der Waals surface area contributed by atoms with E-state index in [0.717, 1.165) is 50.9 Å². The van der Waals surface area contributed by atoms with E-state index in [0.29, 0.717) is 6.04 Å². The summed E-state index contributed by atoms with van der Waals surface area (Å²) in [6.45, 7) is 8.46. The fourth-order valence-electron chi connectivity index (χ4n) is 3.57. The lowest BCUT2D eigenvalue weighted by molar-refractivity contribution is 0.160. The van der Waals surface area contributed by atoms with Crippen molar-refractivity contribution in [3.8, 4) is 0 Å². The summed E-state index contributed by atoms with van der Waals surface area (Å²) in [7, 11) is 0. The van der Waals surface area contributed by atoms with Crippen LogP contribution in [-0.4, -0.2) is 50.2 Å². The maximum atomic E-state index is 13.8. The minimum Gasteiger partial charge on any atom is -0.367 e. The summed E-state index contributed by atoms with van der Waals surface area (Å²) in [5.41, 5.74) is 0.753. The Balaban J connectivity index is 1.61. The molecule has 1 aromatic rings. The third-order valence-corrected chi connectivity index (χ3v) is 4.80. The van der Waals surface area contributed by atoms with Gasteiger partial charge in [0.15, 0.2) is 0 Å². The summed E-state index contributed by atoms with van der Waals surface area (Å²) in [5, 5.41) is 3.51. The Morgan fingerprint density at radius 1 is 1.15 bits per heavy atom. The normalized spacial score (nSPS) is 28.0. The van der Waals surface area contributed by atoms with Crippen LogP contribution in [0, 0.1) is 11.7 Å². The molecule has 0 saturated carbocycles. The van der Waals surface area contributed by atoms with E-state index >= 15 is 0 Å². The van der Waals surface area contributed by atoms with Gasteiger partial charge in [-0.25, -0.2) is 4.39 Å². The average Bonchev–Trinajstić information content (AvgIpc) is 2.96. The van der Waals surface area contributed by atoms with Gasteiger partial charge in [0.2, 0.25) is 0 Å². The zero-order valence-corrected chi connectivity index (χ0v) is 12.2. The molecule has 3 nitrogen and oxygen atoms in total. The van der Waals surface area contributed by atoms with Crippen molar-refractivity contribution in [2.24, 2.45) is 5.92 Å². The Labute approximate surface area is 120 Å². The van der Waals surface area contributed by atoms with Gasteiger partial charge in [-0.2, -0.15) is 0 Å². The van der Waals surface area contributed by atoms with E-state index in [2.05, 4.69) is 22.0 Å². The predicted octanol–water partition coefficient (Wildman–Crippen LogP) is 1.95. The highest BCUT2D eigenvalue weighted by atomic mass is 19.1. The molecule has 4 heteroatoms. The summed E-state index contributed by atoms with van der Waals surface area (Å²) in [6, 6.07) is 7.78. The number of benzene rings is 1. The molecule has 0 radical (unpaired) electrons. The third kappa shape index (κ3) is 2.67. The van der Waals surface area contributed by atoms with Crippen LogP contribution >= 0.6 is 0 Å². The number of halogens is 1. The lowest BCUT2D eigenvalue weighted by Gasteiger charge is -2.40. The van der Waals surface area contributed by atoms with Crippen LogP contribution in [-0.2, 0) is 0 Å². The molecule has 0 aromatic heterocycles. The third-order valence-electron chi connectivity index (χ3n) is 4.80. The Morgan fingerprint density at radius 3 is 2.60 bits per heavy atom. The molecule has 0 spiro atoms. The number of hydrogen-bond acceptors (Lipinski definition) is 3. The minimum atomic E-state index is -0.102. The summed E-state index contributed by atoms with van der Waals surface area (Å²) >= 11 is 0. The van der Waals surface area contributed by atoms with Gasteiger partial charge in [-0.05, 0) is 24.6 Å². The molecule has 1 N–H and O–H groups in total. The summed E-state index contributed by atoms with van der Waals surface area (Å²) in [4.78, 5) is 4.76. The number of anilines is 1. The van der Waals surface area contributed by atoms with Crippen LogP contribution in [0.15, 0.2) is 24.3 Å². The molecule has 2 fully saturated rings. The Hall–Kier alpha value is -1.13. The van der Waals surface area contributed by atoms with Gasteiger partial charge < -0.3 is 10.2 Å². The second-order valence-corrected chi connectivity index (χ2v) is 5.87. The van der Waals surface area contributed by atoms with Crippen LogP contribution in [0.25, 0.3) is 0 Å². The van der Waals surface area contributed by atoms with Crippen molar-refractivity contribution < 1.29 is 4.39 Å². The van der Waals surface area contributed by atoms with Gasteiger partial charge in [0.25, 0.3) is 0 Å². The van der Waals surface area contributed by atoms with E-state index in [4.69, 9.17) is 0 Å². The first-order chi connectivity index (χ1) is 9.79. The van der Waals surface area contributed by atoms with Crippen molar-refractivity contribution >= 4 is 5.69 Å². The number of nitrogens with one attached hydrogen (secondary N) is 1. The number of rotatable bonds is 3. The number of para-hydroxylation sites is 1. The van der Waals surface area contributed by atoms with Crippen molar-refractivity contribution in [1.82, 2.24) is 10.2 Å². The van der Waals surface area contributed by atoms with Crippen molar-refractivity contribution in [1.29, 1.82) is 0 Å². The quantitative estimate of drug-likeness (QED) is 0.911. The minimum absolute atomic E-state index is 0.102. The predicted molar refractivity (Wildman–Crippen MR) is 80.6 cm³/mol. The number of nitrogens with zero attached hydrogens (tertiary/aromatic N) is 2. The van der Waals surface area contributed by atoms with E-state index in [1.807, 2.05) is 12.1 Å². The molecule has 2 heterocycles. The monoisotopic (exact) mass is 277 g/mol. The summed E-state index contributed by atoms with van der Waals surface area (Å²) < 4.78 is 13.8. The molecule has 2 atom stereocenters. The summed E-state index contributed by atoms with van der Waals surface area (Å²) in [5.74, 6) is 0.671. The number of piperazine rings is 1. The lowest BCUT2D eigenvalue weighted by atomic mass is 9.98. The molecule has 0 amide bonds. The van der Waals surface area contributed by atoms with Gasteiger partial charge in [0.05, 0.1) is 5.69 Å². The fourth-order valence-corrected chi connectivity index (χ4v) is 3.57. The number of hydrogen-bond donors (Lipinski definition) is 1. The van der Waals surface area contributed by atoms with Gasteiger partial charge in [-0.15, -0.1) is 0 Å². The van der Waals surface area contributed by atoms with Crippen molar-refractivity contribution in [3.63, 3.8) is 0 Å². The van der Waals surface area contributed by atoms with Gasteiger partial charge >= 0.3 is 0 Å². The molecular weight excluding hydrogens is 253 g/mol. The van der Waals surface area contributed by atoms with Crippen LogP contribution in [0.3, 0.4) is 0 Å². The van der Waals surface area contributed by atoms with E-state index in [-0.39, 0.29) is 5.82 Å². The van der Waals surface area contributed by atoms with Gasteiger partial charge in [-0.3, -0.25) is 4.90 Å². The standard InChI is InChI=1S/C16H24FN3/c1-2-13-11-18-12-16(13)20-9-7-19(8-10-20)15-6-4-3-5-14(15)17/h3-6,13,16,18H,2,7-12H2,1H3. The first-order valence-electron chi connectivity index (χ1n) is 7.74. The van der Waals surface area contributed by atoms with Gasteiger partial charge in [-0.1, -0.05) is 25.5 Å². The second kappa shape index (κ2) is 6.10. The smallest absolute Gasteiger partial charge is 0.146 e. The highest BCUT2D eigenvalue weighted by Crippen LogP contribution is 2.24. The van der Waals surface area contributed by atoms with Gasteiger partial charge in [0.1, 0.15) is 5.82 Å². The van der Waals surface area contributed by atoms with Crippen LogP contribution in [0.4, 0.5) is 10.1 Å². The zero-order valence-electron chi connectivity index (χ0n) is 12.2. The van der Waals surface area contributed by atoms with E-state index < -0.39 is 0 Å². The van der Waals surface area contributed by atoms with Crippen molar-refractivity contribution in [3.05, 3.63) is 30.1 Å². The Morgan fingerprint density at radius 2 is 1.90 bits per heavy atom. The molecule has 2 aliphatic heterocycles. The lowest BCUT2D eigenvalue weighted by Crippen LogP contribution is -2.52. The van der Waals surface area contributed by atoms with Crippen molar-refractivity contribution in [2.45, 2.75) is 19.4 Å². The molecule has 20 heavy (non-hydrogen) atoms. The fraction of sp³-hybridized carbons (Fsp3) is 0.625. The van der Waals surface area contributed by atoms with E-state index in [9.17, 15) is 4.39 Å². The molecule has 0 bridgehead atoms. The average molecular weight is 277 g/mol. The SMILES string of the molecule is CCC1CNCC1N1CCN(c2ccccc2F)CC1. The van der Waals surface area contributed by atoms with Crippen LogP contribution in [0.2, 0.25) is 0 Å². The van der Waals surface area contributed by atoms with Crippen LogP contribution < -0.4 is 10.2 Å². The van der Waals surface area contributed by atoms with Crippen LogP contribution in [0.5, 0.6) is 0 Å². The highest BCUT2D eigenvalue weighted by molar-refractivity contribution is 5.48. The topological polar surface area (TPSA) is 18.5 Å². The first-order valence-corrected chi connectivity index (χ1v) is 7.74. The molecule has 110 valence electrons. The molecule has 0 aliphatic carbocycles. The van der Waals surface area contributed by atoms with Crippen molar-refractivity contribution in [2.75, 3.05) is 44.2 Å². The molecule has 1 aromatic carbocycles. The Kier molecular flexibility index (Phi) is 4.22. The Bertz CT molecular complexity index is 443. The highest BCUT2D eigenvalue weighted by Gasteiger charge is 2.32. The zero-order chi connectivity index (χ0) is 13.9. The molecule has 3 rings (SSSR count). The second-order valence-electron chi connectivity index (χ2n) is 5.87.